The van der Waals surface area contributed by atoms with Crippen molar-refractivity contribution in [2.45, 2.75) is 125 Å². The topological polar surface area (TPSA) is 0 Å². The molecule has 0 nitrogen and oxygen atoms in total. The highest BCUT2D eigenvalue weighted by Crippen LogP contribution is 2.77. The van der Waals surface area contributed by atoms with Gasteiger partial charge in [0.1, 0.15) is 0 Å². The number of rotatable bonds is 1. The smallest absolute Gasteiger partial charge is 0.00548 e. The molecule has 0 aliphatic heterocycles. The zero-order valence-electron chi connectivity index (χ0n) is 23.0. The molecule has 0 aromatic carbocycles. The molecule has 0 aromatic rings. The Kier molecular flexibility index (Phi) is 5.59. The van der Waals surface area contributed by atoms with Crippen molar-refractivity contribution in [1.82, 2.24) is 0 Å². The minimum absolute atomic E-state index is 0.512. The van der Waals surface area contributed by atoms with Crippen LogP contribution in [0, 0.1) is 62.6 Å². The van der Waals surface area contributed by atoms with Crippen molar-refractivity contribution in [3.63, 3.8) is 0 Å². The van der Waals surface area contributed by atoms with Crippen LogP contribution in [-0.4, -0.2) is 11.5 Å². The van der Waals surface area contributed by atoms with Gasteiger partial charge in [0.15, 0.2) is 0 Å². The fraction of sp³-hybridized carbons (Fsp3) is 1.00. The van der Waals surface area contributed by atoms with Crippen LogP contribution in [0.2, 0.25) is 0 Å². The summed E-state index contributed by atoms with van der Waals surface area (Å²) in [7, 11) is 0. The molecule has 0 bridgehead atoms. The van der Waals surface area contributed by atoms with Gasteiger partial charge in [0.05, 0.1) is 0 Å². The first-order chi connectivity index (χ1) is 14.8. The van der Waals surface area contributed by atoms with E-state index in [1.807, 2.05) is 0 Å². The highest BCUT2D eigenvalue weighted by atomic mass is 32.2. The molecule has 5 rings (SSSR count). The molecule has 5 saturated carbocycles. The van der Waals surface area contributed by atoms with Crippen LogP contribution in [0.4, 0.5) is 0 Å². The van der Waals surface area contributed by atoms with Crippen LogP contribution in [0.25, 0.3) is 0 Å². The molecule has 1 heteroatoms. The normalized spacial score (nSPS) is 59.3. The third kappa shape index (κ3) is 3.00. The molecule has 11 atom stereocenters. The summed E-state index contributed by atoms with van der Waals surface area (Å²) in [6.45, 7) is 21.6. The molecule has 184 valence electrons. The lowest BCUT2D eigenvalue weighted by molar-refractivity contribution is -0.246. The van der Waals surface area contributed by atoms with E-state index in [0.29, 0.717) is 27.1 Å². The van der Waals surface area contributed by atoms with Gasteiger partial charge < -0.3 is 0 Å². The Morgan fingerprint density at radius 2 is 1.41 bits per heavy atom. The Balaban J connectivity index is 1.54. The second-order valence-electron chi connectivity index (χ2n) is 15.5. The summed E-state index contributed by atoms with van der Waals surface area (Å²) in [6, 6.07) is 0. The number of fused-ring (bicyclic) bond motifs is 7. The Labute approximate surface area is 205 Å². The van der Waals surface area contributed by atoms with Crippen LogP contribution < -0.4 is 0 Å². The van der Waals surface area contributed by atoms with Crippen LogP contribution in [-0.2, 0) is 0 Å². The van der Waals surface area contributed by atoms with Crippen molar-refractivity contribution in [2.75, 3.05) is 6.26 Å². The van der Waals surface area contributed by atoms with E-state index in [1.165, 1.54) is 64.2 Å². The molecule has 0 heterocycles. The van der Waals surface area contributed by atoms with Gasteiger partial charge in [-0.15, -0.1) is 0 Å². The first-order valence-corrected chi connectivity index (χ1v) is 15.6. The van der Waals surface area contributed by atoms with Crippen LogP contribution in [0.5, 0.6) is 0 Å². The van der Waals surface area contributed by atoms with Gasteiger partial charge in [-0.05, 0) is 133 Å². The van der Waals surface area contributed by atoms with Crippen LogP contribution in [0.3, 0.4) is 0 Å². The average Bonchev–Trinajstić information content (AvgIpc) is 2.71. The molecule has 5 fully saturated rings. The number of thioether (sulfide) groups is 1. The van der Waals surface area contributed by atoms with Crippen molar-refractivity contribution in [3.05, 3.63) is 0 Å². The number of hydrogen-bond acceptors (Lipinski definition) is 1. The van der Waals surface area contributed by atoms with Crippen LogP contribution in [0.15, 0.2) is 0 Å². The quantitative estimate of drug-likeness (QED) is 0.377. The van der Waals surface area contributed by atoms with E-state index >= 15 is 0 Å². The molecular weight excluding hydrogens is 404 g/mol. The summed E-state index contributed by atoms with van der Waals surface area (Å²) in [6.07, 6.45) is 17.3. The van der Waals surface area contributed by atoms with E-state index in [9.17, 15) is 0 Å². The lowest BCUT2D eigenvalue weighted by atomic mass is 9.31. The minimum atomic E-state index is 0.512. The van der Waals surface area contributed by atoms with E-state index < -0.39 is 0 Å². The SMILES string of the molecule is CSC1CC(C)(C)[C@@H]2CC[C@]3(C)[C@H](CC[C@@H]4[C@@H]5[C@@H](C)[C@H](C)CC[C@]5(C)CC[C@]43C)[C@@]2(C)C1. The van der Waals surface area contributed by atoms with Gasteiger partial charge in [-0.25, -0.2) is 0 Å². The molecule has 0 spiro atoms. The molecule has 0 aromatic heterocycles. The summed E-state index contributed by atoms with van der Waals surface area (Å²) >= 11 is 2.18. The Bertz CT molecular complexity index is 741. The zero-order valence-corrected chi connectivity index (χ0v) is 23.8. The van der Waals surface area contributed by atoms with E-state index in [4.69, 9.17) is 0 Å². The molecule has 5 aliphatic rings. The van der Waals surface area contributed by atoms with E-state index in [2.05, 4.69) is 73.4 Å². The van der Waals surface area contributed by atoms with E-state index in [0.717, 1.165) is 40.8 Å². The average molecular weight is 459 g/mol. The Morgan fingerprint density at radius 3 is 2.09 bits per heavy atom. The fourth-order valence-corrected chi connectivity index (χ4v) is 13.2. The van der Waals surface area contributed by atoms with Gasteiger partial charge in [0, 0.05) is 5.25 Å². The summed E-state index contributed by atoms with van der Waals surface area (Å²) < 4.78 is 0. The van der Waals surface area contributed by atoms with Crippen molar-refractivity contribution < 1.29 is 0 Å². The van der Waals surface area contributed by atoms with Gasteiger partial charge in [0.2, 0.25) is 0 Å². The van der Waals surface area contributed by atoms with Crippen molar-refractivity contribution in [1.29, 1.82) is 0 Å². The second kappa shape index (κ2) is 7.43. The number of hydrogen-bond donors (Lipinski definition) is 0. The maximum absolute atomic E-state index is 2.82. The summed E-state index contributed by atoms with van der Waals surface area (Å²) in [5.74, 6) is 5.64. The fourth-order valence-electron chi connectivity index (χ4n) is 12.1. The second-order valence-corrected chi connectivity index (χ2v) is 16.6. The third-order valence-electron chi connectivity index (χ3n) is 14.0. The largest absolute Gasteiger partial charge is 0.162 e. The zero-order chi connectivity index (χ0) is 23.3. The molecule has 0 radical (unpaired) electrons. The summed E-state index contributed by atoms with van der Waals surface area (Å²) in [5.41, 5.74) is 2.77. The summed E-state index contributed by atoms with van der Waals surface area (Å²) in [5, 5.41) is 0.869. The first-order valence-electron chi connectivity index (χ1n) is 14.4. The van der Waals surface area contributed by atoms with E-state index in [1.54, 1.807) is 0 Å². The predicted octanol–water partition coefficient (Wildman–Crippen LogP) is 9.48. The third-order valence-corrected chi connectivity index (χ3v) is 15.0. The summed E-state index contributed by atoms with van der Waals surface area (Å²) in [4.78, 5) is 0. The molecule has 1 unspecified atom stereocenters. The van der Waals surface area contributed by atoms with Gasteiger partial charge in [0.25, 0.3) is 0 Å². The maximum Gasteiger partial charge on any atom is 0.00548 e. The highest BCUT2D eigenvalue weighted by Gasteiger charge is 2.69. The first kappa shape index (κ1) is 24.1. The van der Waals surface area contributed by atoms with Crippen molar-refractivity contribution in [2.24, 2.45) is 62.6 Å². The molecular formula is C31H54S. The van der Waals surface area contributed by atoms with Gasteiger partial charge in [-0.3, -0.25) is 0 Å². The van der Waals surface area contributed by atoms with Crippen LogP contribution in [0.1, 0.15) is 120 Å². The lowest BCUT2D eigenvalue weighted by Crippen LogP contribution is -2.67. The minimum Gasteiger partial charge on any atom is -0.162 e. The van der Waals surface area contributed by atoms with Crippen molar-refractivity contribution in [3.8, 4) is 0 Å². The van der Waals surface area contributed by atoms with E-state index in [-0.39, 0.29) is 0 Å². The van der Waals surface area contributed by atoms with Crippen LogP contribution >= 0.6 is 11.8 Å². The maximum atomic E-state index is 2.82. The Morgan fingerprint density at radius 1 is 0.688 bits per heavy atom. The Hall–Kier alpha value is 0.350. The molecule has 0 saturated heterocycles. The lowest BCUT2D eigenvalue weighted by Gasteiger charge is -2.74. The monoisotopic (exact) mass is 458 g/mol. The van der Waals surface area contributed by atoms with Gasteiger partial charge in [-0.1, -0.05) is 55.4 Å². The molecule has 0 N–H and O–H groups in total. The highest BCUT2D eigenvalue weighted by molar-refractivity contribution is 7.99. The predicted molar refractivity (Wildman–Crippen MR) is 142 cm³/mol. The molecule has 32 heavy (non-hydrogen) atoms. The standard InChI is InChI=1S/C31H54S/c1-20-12-14-28(5)16-17-30(7)23(26(28)21(20)2)10-11-25-29(6)19-22(32-9)18-27(3,4)24(29)13-15-31(25,30)8/h20-26H,10-19H2,1-9H3/t20-,21+,22?,23-,24+,25-,26+,28-,29+,30-,31-/m1/s1. The van der Waals surface area contributed by atoms with Crippen molar-refractivity contribution >= 4 is 11.8 Å². The van der Waals surface area contributed by atoms with Gasteiger partial charge in [-0.2, -0.15) is 11.8 Å². The molecule has 5 aliphatic carbocycles. The molecule has 0 amide bonds. The van der Waals surface area contributed by atoms with Gasteiger partial charge >= 0.3 is 0 Å².